The number of carbonyl (C=O) groups is 2. The quantitative estimate of drug-likeness (QED) is 0.238. The highest BCUT2D eigenvalue weighted by molar-refractivity contribution is 6.29. The third kappa shape index (κ3) is 6.39. The fourth-order valence-electron chi connectivity index (χ4n) is 6.32. The Morgan fingerprint density at radius 2 is 1.72 bits per heavy atom. The van der Waals surface area contributed by atoms with Crippen molar-refractivity contribution < 1.29 is 14.3 Å². The number of H-pyrrole nitrogens is 1. The molecule has 2 aromatic carbocycles. The third-order valence-electron chi connectivity index (χ3n) is 8.98. The summed E-state index contributed by atoms with van der Waals surface area (Å²) in [5, 5.41) is 11.7. The van der Waals surface area contributed by atoms with Crippen LogP contribution in [0.15, 0.2) is 79.3 Å². The van der Waals surface area contributed by atoms with Gasteiger partial charge in [0.05, 0.1) is 12.1 Å². The molecule has 0 saturated carbocycles. The van der Waals surface area contributed by atoms with E-state index in [1.54, 1.807) is 37.8 Å². The lowest BCUT2D eigenvalue weighted by Gasteiger charge is -2.37. The number of rotatable bonds is 8. The van der Waals surface area contributed by atoms with Gasteiger partial charge in [0.2, 0.25) is 5.91 Å². The number of fused-ring (bicyclic) bond motifs is 1. The van der Waals surface area contributed by atoms with Gasteiger partial charge in [-0.25, -0.2) is 15.0 Å². The van der Waals surface area contributed by atoms with Gasteiger partial charge in [-0.3, -0.25) is 19.6 Å². The molecule has 0 bridgehead atoms. The highest BCUT2D eigenvalue weighted by atomic mass is 35.5. The van der Waals surface area contributed by atoms with Crippen LogP contribution in [0.4, 0.5) is 11.4 Å². The molecule has 240 valence electrons. The molecule has 47 heavy (non-hydrogen) atoms. The number of anilines is 2. The van der Waals surface area contributed by atoms with Gasteiger partial charge in [0.1, 0.15) is 10.8 Å². The van der Waals surface area contributed by atoms with Crippen LogP contribution in [0.5, 0.6) is 0 Å². The number of nitrogens with zero attached hydrogens (tertiary/aromatic N) is 7. The molecule has 2 aliphatic rings. The van der Waals surface area contributed by atoms with Gasteiger partial charge < -0.3 is 19.9 Å². The Morgan fingerprint density at radius 3 is 2.47 bits per heavy atom. The predicted molar refractivity (Wildman–Crippen MR) is 180 cm³/mol. The van der Waals surface area contributed by atoms with Crippen molar-refractivity contribution in [2.75, 3.05) is 63.1 Å². The van der Waals surface area contributed by atoms with Crippen molar-refractivity contribution in [1.29, 1.82) is 0 Å². The number of piperazine rings is 1. The van der Waals surface area contributed by atoms with E-state index < -0.39 is 5.60 Å². The van der Waals surface area contributed by atoms with Gasteiger partial charge in [0.25, 0.3) is 5.91 Å². The number of aromatic amines is 1. The summed E-state index contributed by atoms with van der Waals surface area (Å²) in [5.74, 6) is 0.510. The highest BCUT2D eigenvalue weighted by Gasteiger charge is 2.45. The minimum Gasteiger partial charge on any atom is -0.368 e. The molecule has 2 N–H and O–H groups in total. The maximum Gasteiger partial charge on any atom is 0.258 e. The zero-order valence-electron chi connectivity index (χ0n) is 25.9. The molecule has 2 aliphatic heterocycles. The van der Waals surface area contributed by atoms with E-state index in [0.29, 0.717) is 55.0 Å². The summed E-state index contributed by atoms with van der Waals surface area (Å²) in [7, 11) is 1.55. The van der Waals surface area contributed by atoms with Crippen molar-refractivity contribution in [3.05, 3.63) is 84.4 Å². The maximum absolute atomic E-state index is 13.6. The van der Waals surface area contributed by atoms with Crippen LogP contribution in [0.2, 0.25) is 5.15 Å². The molecule has 2 saturated heterocycles. The normalized spacial score (nSPS) is 18.5. The number of methoxy groups -OCH3 is 1. The number of benzene rings is 2. The number of halogens is 1. The van der Waals surface area contributed by atoms with Gasteiger partial charge in [0, 0.05) is 92.9 Å². The summed E-state index contributed by atoms with van der Waals surface area (Å²) in [6.07, 6.45) is 5.58. The van der Waals surface area contributed by atoms with Crippen LogP contribution in [-0.4, -0.2) is 105 Å². The lowest BCUT2D eigenvalue weighted by atomic mass is 10.0. The average molecular weight is 652 g/mol. The minimum absolute atomic E-state index is 0.0580. The van der Waals surface area contributed by atoms with E-state index in [0.717, 1.165) is 40.8 Å². The number of aromatic nitrogens is 5. The van der Waals surface area contributed by atoms with Crippen molar-refractivity contribution in [3.63, 3.8) is 0 Å². The van der Waals surface area contributed by atoms with Crippen molar-refractivity contribution in [2.24, 2.45) is 0 Å². The Bertz CT molecular complexity index is 1890. The summed E-state index contributed by atoms with van der Waals surface area (Å²) in [4.78, 5) is 45.8. The Hall–Kier alpha value is -4.91. The second kappa shape index (κ2) is 13.1. The Morgan fingerprint density at radius 1 is 0.936 bits per heavy atom. The van der Waals surface area contributed by atoms with E-state index in [4.69, 9.17) is 16.3 Å². The van der Waals surface area contributed by atoms with Gasteiger partial charge in [-0.1, -0.05) is 11.6 Å². The molecule has 7 rings (SSSR count). The summed E-state index contributed by atoms with van der Waals surface area (Å²) in [6.45, 7) is 3.91. The molecule has 13 heteroatoms. The topological polar surface area (TPSA) is 132 Å². The summed E-state index contributed by atoms with van der Waals surface area (Å²) < 4.78 is 5.84. The summed E-state index contributed by atoms with van der Waals surface area (Å²) in [5.41, 5.74) is 3.99. The van der Waals surface area contributed by atoms with Crippen LogP contribution in [0.3, 0.4) is 0 Å². The second-order valence-corrected chi connectivity index (χ2v) is 12.2. The Balaban J connectivity index is 0.941. The molecule has 0 aliphatic carbocycles. The lowest BCUT2D eigenvalue weighted by molar-refractivity contribution is -0.138. The van der Waals surface area contributed by atoms with E-state index in [-0.39, 0.29) is 18.4 Å². The van der Waals surface area contributed by atoms with Crippen LogP contribution in [0.1, 0.15) is 6.42 Å². The fourth-order valence-corrected chi connectivity index (χ4v) is 6.49. The number of pyridine rings is 1. The maximum atomic E-state index is 13.6. The first-order valence-corrected chi connectivity index (χ1v) is 15.9. The second-order valence-electron chi connectivity index (χ2n) is 11.8. The third-order valence-corrected chi connectivity index (χ3v) is 9.19. The van der Waals surface area contributed by atoms with Gasteiger partial charge in [0.15, 0.2) is 11.4 Å². The number of carbonyl (C=O) groups excluding carboxylic acids is 2. The number of likely N-dealkylation sites (tertiary alicyclic amines) is 1. The Labute approximate surface area is 276 Å². The molecule has 2 amide bonds. The van der Waals surface area contributed by atoms with Crippen LogP contribution in [-0.2, 0) is 14.3 Å². The smallest absolute Gasteiger partial charge is 0.258 e. The minimum atomic E-state index is -1.07. The zero-order valence-corrected chi connectivity index (χ0v) is 26.7. The molecule has 0 spiro atoms. The average Bonchev–Trinajstić information content (AvgIpc) is 3.73. The largest absolute Gasteiger partial charge is 0.368 e. The van der Waals surface area contributed by atoms with Gasteiger partial charge in [-0.2, -0.15) is 5.10 Å². The standard InChI is InChI=1S/C34H34ClN9O3/c1-47-34(33(46)39-25-5-8-28-27(20-25)31(41-40-28)24-9-13-36-29(35)19-24)10-14-42(22-34)21-30(45)44-17-15-43(16-18-44)26-6-3-23(4-7-26)32-37-11-2-12-38-32/h2-9,11-13,19-20H,10,14-18,21-22H2,1H3,(H,39,46)(H,40,41)/t34-/m0/s1. The number of nitrogens with one attached hydrogen (secondary N) is 2. The van der Waals surface area contributed by atoms with Crippen molar-refractivity contribution >= 4 is 45.7 Å². The van der Waals surface area contributed by atoms with Crippen molar-refractivity contribution in [1.82, 2.24) is 34.9 Å². The molecule has 12 nitrogen and oxygen atoms in total. The molecule has 0 unspecified atom stereocenters. The van der Waals surface area contributed by atoms with Crippen molar-refractivity contribution in [3.8, 4) is 22.6 Å². The lowest BCUT2D eigenvalue weighted by Crippen LogP contribution is -2.52. The molecule has 5 aromatic rings. The first-order valence-electron chi connectivity index (χ1n) is 15.5. The Kier molecular flexibility index (Phi) is 8.54. The van der Waals surface area contributed by atoms with Crippen LogP contribution in [0, 0.1) is 0 Å². The zero-order chi connectivity index (χ0) is 32.4. The fraction of sp³-hybridized carbons (Fsp3) is 0.294. The van der Waals surface area contributed by atoms with E-state index in [2.05, 4.69) is 47.5 Å². The number of hydrogen-bond donors (Lipinski definition) is 2. The summed E-state index contributed by atoms with van der Waals surface area (Å²) in [6, 6.07) is 19.2. The molecule has 5 heterocycles. The van der Waals surface area contributed by atoms with Gasteiger partial charge in [-0.15, -0.1) is 0 Å². The van der Waals surface area contributed by atoms with E-state index in [1.165, 1.54) is 0 Å². The first kappa shape index (κ1) is 30.7. The molecule has 3 aromatic heterocycles. The molecule has 1 atom stereocenters. The predicted octanol–water partition coefficient (Wildman–Crippen LogP) is 4.11. The van der Waals surface area contributed by atoms with Gasteiger partial charge in [-0.05, 0) is 67.1 Å². The van der Waals surface area contributed by atoms with Crippen LogP contribution in [0.25, 0.3) is 33.5 Å². The first-order chi connectivity index (χ1) is 22.9. The summed E-state index contributed by atoms with van der Waals surface area (Å²) >= 11 is 6.10. The monoisotopic (exact) mass is 651 g/mol. The number of hydrogen-bond acceptors (Lipinski definition) is 9. The van der Waals surface area contributed by atoms with Crippen molar-refractivity contribution in [2.45, 2.75) is 12.0 Å². The molecule has 2 fully saturated rings. The van der Waals surface area contributed by atoms with E-state index >= 15 is 0 Å². The SMILES string of the molecule is CO[C@@]1(C(=O)Nc2ccc3[nH]nc(-c4ccnc(Cl)c4)c3c2)CCN(CC(=O)N2CCN(c3ccc(-c4ncccn4)cc3)CC2)C1. The highest BCUT2D eigenvalue weighted by Crippen LogP contribution is 2.31. The molecular weight excluding hydrogens is 618 g/mol. The van der Waals surface area contributed by atoms with E-state index in [1.807, 2.05) is 46.2 Å². The number of amides is 2. The molecular formula is C34H34ClN9O3. The van der Waals surface area contributed by atoms with Gasteiger partial charge >= 0.3 is 0 Å². The van der Waals surface area contributed by atoms with Crippen LogP contribution >= 0.6 is 11.6 Å². The molecule has 0 radical (unpaired) electrons. The van der Waals surface area contributed by atoms with Crippen LogP contribution < -0.4 is 10.2 Å². The number of ether oxygens (including phenoxy) is 1. The van der Waals surface area contributed by atoms with E-state index in [9.17, 15) is 9.59 Å².